The molecule has 1 saturated heterocycles. The van der Waals surface area contributed by atoms with Gasteiger partial charge in [0.05, 0.1) is 6.54 Å². The highest BCUT2D eigenvalue weighted by molar-refractivity contribution is 5.80. The van der Waals surface area contributed by atoms with Crippen LogP contribution in [0.15, 0.2) is 0 Å². The van der Waals surface area contributed by atoms with E-state index in [0.29, 0.717) is 18.7 Å². The normalized spacial score (nSPS) is 24.6. The fourth-order valence-electron chi connectivity index (χ4n) is 1.84. The van der Waals surface area contributed by atoms with Gasteiger partial charge >= 0.3 is 0 Å². The second kappa shape index (κ2) is 5.35. The summed E-state index contributed by atoms with van der Waals surface area (Å²) in [5, 5.41) is 0. The van der Waals surface area contributed by atoms with E-state index in [0.717, 1.165) is 32.4 Å². The lowest BCUT2D eigenvalue weighted by Crippen LogP contribution is -2.44. The van der Waals surface area contributed by atoms with Crippen LogP contribution in [-0.4, -0.2) is 36.4 Å². The first-order valence-corrected chi connectivity index (χ1v) is 5.22. The Labute approximate surface area is 80.3 Å². The Kier molecular flexibility index (Phi) is 4.39. The Bertz CT molecular complexity index is 170. The van der Waals surface area contributed by atoms with Crippen LogP contribution in [0.25, 0.3) is 0 Å². The predicted molar refractivity (Wildman–Crippen MR) is 53.6 cm³/mol. The van der Waals surface area contributed by atoms with E-state index in [1.165, 1.54) is 0 Å². The van der Waals surface area contributed by atoms with Gasteiger partial charge in [0.15, 0.2) is 0 Å². The maximum Gasteiger partial charge on any atom is 0.146 e. The van der Waals surface area contributed by atoms with E-state index < -0.39 is 0 Å². The van der Waals surface area contributed by atoms with E-state index in [2.05, 4.69) is 4.90 Å². The SMILES string of the molecule is CCCC(=O)CN1CCCC(N)C1. The molecule has 1 heterocycles. The average molecular weight is 184 g/mol. The zero-order valence-electron chi connectivity index (χ0n) is 8.46. The van der Waals surface area contributed by atoms with Crippen LogP contribution in [0, 0.1) is 0 Å². The van der Waals surface area contributed by atoms with Gasteiger partial charge in [-0.25, -0.2) is 0 Å². The number of carbonyl (C=O) groups is 1. The highest BCUT2D eigenvalue weighted by Crippen LogP contribution is 2.08. The van der Waals surface area contributed by atoms with Gasteiger partial charge in [0.1, 0.15) is 5.78 Å². The molecule has 0 bridgehead atoms. The molecule has 1 rings (SSSR count). The zero-order valence-corrected chi connectivity index (χ0v) is 8.46. The summed E-state index contributed by atoms with van der Waals surface area (Å²) in [5.74, 6) is 0.358. The molecule has 0 aromatic heterocycles. The smallest absolute Gasteiger partial charge is 0.146 e. The summed E-state index contributed by atoms with van der Waals surface area (Å²) >= 11 is 0. The lowest BCUT2D eigenvalue weighted by molar-refractivity contribution is -0.120. The van der Waals surface area contributed by atoms with Crippen LogP contribution in [-0.2, 0) is 4.79 Å². The van der Waals surface area contributed by atoms with Gasteiger partial charge in [-0.1, -0.05) is 6.92 Å². The Morgan fingerprint density at radius 1 is 1.62 bits per heavy atom. The van der Waals surface area contributed by atoms with Crippen LogP contribution in [0.2, 0.25) is 0 Å². The zero-order chi connectivity index (χ0) is 9.68. The number of hydrogen-bond donors (Lipinski definition) is 1. The van der Waals surface area contributed by atoms with Crippen molar-refractivity contribution in [3.63, 3.8) is 0 Å². The molecule has 0 amide bonds. The molecule has 0 saturated carbocycles. The summed E-state index contributed by atoms with van der Waals surface area (Å²) in [7, 11) is 0. The van der Waals surface area contributed by atoms with Gasteiger partial charge in [-0.2, -0.15) is 0 Å². The van der Waals surface area contributed by atoms with E-state index in [4.69, 9.17) is 5.73 Å². The van der Waals surface area contributed by atoms with Crippen molar-refractivity contribution < 1.29 is 4.79 Å². The summed E-state index contributed by atoms with van der Waals surface area (Å²) < 4.78 is 0. The van der Waals surface area contributed by atoms with Crippen molar-refractivity contribution in [3.05, 3.63) is 0 Å². The second-order valence-electron chi connectivity index (χ2n) is 3.93. The van der Waals surface area contributed by atoms with Crippen molar-refractivity contribution in [3.8, 4) is 0 Å². The van der Waals surface area contributed by atoms with Crippen molar-refractivity contribution >= 4 is 5.78 Å². The highest BCUT2D eigenvalue weighted by atomic mass is 16.1. The lowest BCUT2D eigenvalue weighted by atomic mass is 10.1. The standard InChI is InChI=1S/C10H20N2O/c1-2-4-10(13)8-12-6-3-5-9(11)7-12/h9H,2-8,11H2,1H3. The Morgan fingerprint density at radius 3 is 3.00 bits per heavy atom. The average Bonchev–Trinajstić information content (AvgIpc) is 2.04. The fourth-order valence-corrected chi connectivity index (χ4v) is 1.84. The van der Waals surface area contributed by atoms with Gasteiger partial charge in [0, 0.05) is 19.0 Å². The van der Waals surface area contributed by atoms with Crippen LogP contribution in [0.3, 0.4) is 0 Å². The minimum atomic E-state index is 0.281. The number of piperidine rings is 1. The van der Waals surface area contributed by atoms with Crippen molar-refractivity contribution in [1.29, 1.82) is 0 Å². The topological polar surface area (TPSA) is 46.3 Å². The molecule has 13 heavy (non-hydrogen) atoms. The van der Waals surface area contributed by atoms with Crippen LogP contribution < -0.4 is 5.73 Å². The van der Waals surface area contributed by atoms with Crippen molar-refractivity contribution in [2.24, 2.45) is 5.73 Å². The maximum absolute atomic E-state index is 11.3. The number of ketones is 1. The molecule has 1 fully saturated rings. The molecule has 2 N–H and O–H groups in total. The number of likely N-dealkylation sites (tertiary alicyclic amines) is 1. The quantitative estimate of drug-likeness (QED) is 0.702. The molecule has 1 atom stereocenters. The monoisotopic (exact) mass is 184 g/mol. The van der Waals surface area contributed by atoms with Gasteiger partial charge in [0.2, 0.25) is 0 Å². The summed E-state index contributed by atoms with van der Waals surface area (Å²) in [6.07, 6.45) is 3.92. The third kappa shape index (κ3) is 3.87. The Morgan fingerprint density at radius 2 is 2.38 bits per heavy atom. The molecule has 0 aromatic rings. The van der Waals surface area contributed by atoms with E-state index in [1.807, 2.05) is 6.92 Å². The number of Topliss-reactive ketones (excluding diaryl/α,β-unsaturated/α-hetero) is 1. The number of rotatable bonds is 4. The van der Waals surface area contributed by atoms with Crippen molar-refractivity contribution in [1.82, 2.24) is 4.90 Å². The Balaban J connectivity index is 2.23. The molecule has 0 radical (unpaired) electrons. The molecule has 0 spiro atoms. The van der Waals surface area contributed by atoms with Gasteiger partial charge in [-0.15, -0.1) is 0 Å². The maximum atomic E-state index is 11.3. The van der Waals surface area contributed by atoms with Crippen LogP contribution in [0.1, 0.15) is 32.6 Å². The highest BCUT2D eigenvalue weighted by Gasteiger charge is 2.17. The first-order valence-electron chi connectivity index (χ1n) is 5.22. The Hall–Kier alpha value is -0.410. The van der Waals surface area contributed by atoms with Gasteiger partial charge in [-0.05, 0) is 25.8 Å². The van der Waals surface area contributed by atoms with Crippen LogP contribution >= 0.6 is 0 Å². The van der Waals surface area contributed by atoms with E-state index in [-0.39, 0.29) is 6.04 Å². The van der Waals surface area contributed by atoms with E-state index in [1.54, 1.807) is 0 Å². The molecule has 1 aliphatic heterocycles. The number of nitrogens with zero attached hydrogens (tertiary/aromatic N) is 1. The number of hydrogen-bond acceptors (Lipinski definition) is 3. The molecule has 1 aliphatic rings. The minimum absolute atomic E-state index is 0.281. The van der Waals surface area contributed by atoms with Gasteiger partial charge < -0.3 is 5.73 Å². The molecule has 1 unspecified atom stereocenters. The summed E-state index contributed by atoms with van der Waals surface area (Å²) in [6.45, 7) is 4.60. The second-order valence-corrected chi connectivity index (χ2v) is 3.93. The first kappa shape index (κ1) is 10.7. The molecule has 76 valence electrons. The fraction of sp³-hybridized carbons (Fsp3) is 0.900. The molecule has 0 aliphatic carbocycles. The van der Waals surface area contributed by atoms with Crippen molar-refractivity contribution in [2.75, 3.05) is 19.6 Å². The molecular formula is C10H20N2O. The molecule has 3 nitrogen and oxygen atoms in total. The molecule has 0 aromatic carbocycles. The molecular weight excluding hydrogens is 164 g/mol. The molecule has 3 heteroatoms. The number of carbonyl (C=O) groups excluding carboxylic acids is 1. The predicted octanol–water partition coefficient (Wildman–Crippen LogP) is 0.779. The number of nitrogens with two attached hydrogens (primary N) is 1. The van der Waals surface area contributed by atoms with E-state index in [9.17, 15) is 4.79 Å². The minimum Gasteiger partial charge on any atom is -0.327 e. The summed E-state index contributed by atoms with van der Waals surface area (Å²) in [4.78, 5) is 13.5. The van der Waals surface area contributed by atoms with E-state index >= 15 is 0 Å². The third-order valence-electron chi connectivity index (χ3n) is 2.47. The summed E-state index contributed by atoms with van der Waals surface area (Å²) in [6, 6.07) is 0.281. The summed E-state index contributed by atoms with van der Waals surface area (Å²) in [5.41, 5.74) is 5.82. The van der Waals surface area contributed by atoms with Gasteiger partial charge in [-0.3, -0.25) is 9.69 Å². The lowest BCUT2D eigenvalue weighted by Gasteiger charge is -2.29. The largest absolute Gasteiger partial charge is 0.327 e. The van der Waals surface area contributed by atoms with Crippen LogP contribution in [0.5, 0.6) is 0 Å². The first-order chi connectivity index (χ1) is 6.22. The van der Waals surface area contributed by atoms with Crippen molar-refractivity contribution in [2.45, 2.75) is 38.6 Å². The van der Waals surface area contributed by atoms with Crippen LogP contribution in [0.4, 0.5) is 0 Å². The third-order valence-corrected chi connectivity index (χ3v) is 2.47. The van der Waals surface area contributed by atoms with Gasteiger partial charge in [0.25, 0.3) is 0 Å².